The fraction of sp³-hybridized carbons (Fsp3) is 0.571. The smallest absolute Gasteiger partial charge is 0.249 e. The summed E-state index contributed by atoms with van der Waals surface area (Å²) in [5, 5.41) is 8.24. The highest BCUT2D eigenvalue weighted by atomic mass is 32.2. The number of hydrogen-bond acceptors (Lipinski definition) is 7. The number of nitrogens with two attached hydrogens (primary N) is 1. The number of hydrogen-bond donors (Lipinski definition) is 2. The molecule has 84 valence electrons. The Kier molecular flexibility index (Phi) is 4.95. The van der Waals surface area contributed by atoms with Gasteiger partial charge in [-0.05, 0) is 6.92 Å². The summed E-state index contributed by atoms with van der Waals surface area (Å²) >= 11 is 2.73. The molecule has 0 aliphatic carbocycles. The zero-order valence-corrected chi connectivity index (χ0v) is 10.0. The fourth-order valence-corrected chi connectivity index (χ4v) is 2.88. The van der Waals surface area contributed by atoms with E-state index >= 15 is 0 Å². The van der Waals surface area contributed by atoms with Crippen LogP contribution in [0.15, 0.2) is 4.34 Å². The Morgan fingerprint density at radius 2 is 2.47 bits per heavy atom. The number of aromatic nitrogens is 2. The molecule has 3 N–H and O–H groups in total. The van der Waals surface area contributed by atoms with Crippen molar-refractivity contribution < 1.29 is 9.53 Å². The number of amides is 1. The van der Waals surface area contributed by atoms with Crippen molar-refractivity contribution in [2.45, 2.75) is 16.5 Å². The van der Waals surface area contributed by atoms with Crippen LogP contribution < -0.4 is 11.3 Å². The molecule has 0 fully saturated rings. The Bertz CT molecular complexity index is 331. The second kappa shape index (κ2) is 6.01. The Hall–Kier alpha value is -0.700. The molecule has 1 aromatic heterocycles. The maximum Gasteiger partial charge on any atom is 0.249 e. The molecule has 0 saturated carbocycles. The molecule has 0 spiro atoms. The van der Waals surface area contributed by atoms with E-state index in [1.54, 1.807) is 0 Å². The predicted octanol–water partition coefficient (Wildman–Crippen LogP) is -0.0565. The van der Waals surface area contributed by atoms with Crippen LogP contribution in [-0.4, -0.2) is 35.1 Å². The number of nitrogens with one attached hydrogen (secondary N) is 1. The van der Waals surface area contributed by atoms with Crippen LogP contribution in [-0.2, 0) is 9.53 Å². The molecule has 0 radical (unpaired) electrons. The topological polar surface area (TPSA) is 90.1 Å². The average Bonchev–Trinajstić information content (AvgIpc) is 2.62. The fourth-order valence-electron chi connectivity index (χ4n) is 0.855. The molecule has 0 aliphatic rings. The van der Waals surface area contributed by atoms with E-state index in [0.29, 0.717) is 0 Å². The van der Waals surface area contributed by atoms with Gasteiger partial charge in [0.1, 0.15) is 10.3 Å². The minimum Gasteiger partial charge on any atom is -0.383 e. The minimum absolute atomic E-state index is 0.283. The third kappa shape index (κ3) is 3.74. The van der Waals surface area contributed by atoms with E-state index in [1.165, 1.54) is 30.2 Å². The molecule has 8 heteroatoms. The lowest BCUT2D eigenvalue weighted by Gasteiger charge is -2.11. The van der Waals surface area contributed by atoms with Gasteiger partial charge in [0.05, 0.1) is 6.61 Å². The highest BCUT2D eigenvalue weighted by Crippen LogP contribution is 2.26. The molecule has 1 amide bonds. The van der Waals surface area contributed by atoms with Crippen molar-refractivity contribution in [2.24, 2.45) is 5.84 Å². The number of carbonyl (C=O) groups excluding carboxylic acids is 1. The van der Waals surface area contributed by atoms with Gasteiger partial charge in [0.25, 0.3) is 0 Å². The second-order valence-electron chi connectivity index (χ2n) is 2.66. The molecule has 1 heterocycles. The van der Waals surface area contributed by atoms with E-state index in [4.69, 9.17) is 10.6 Å². The van der Waals surface area contributed by atoms with Gasteiger partial charge in [0, 0.05) is 7.11 Å². The van der Waals surface area contributed by atoms with Crippen LogP contribution in [0.4, 0.5) is 0 Å². The normalized spacial score (nSPS) is 12.5. The lowest BCUT2D eigenvalue weighted by Crippen LogP contribution is -2.39. The number of carbonyl (C=O) groups is 1. The molecule has 0 saturated heterocycles. The number of thioether (sulfide) groups is 1. The van der Waals surface area contributed by atoms with Crippen LogP contribution in [0.1, 0.15) is 5.01 Å². The van der Waals surface area contributed by atoms with Crippen LogP contribution in [0.25, 0.3) is 0 Å². The summed E-state index contributed by atoms with van der Waals surface area (Å²) in [6.07, 6.45) is 0. The van der Waals surface area contributed by atoms with Gasteiger partial charge in [-0.1, -0.05) is 23.1 Å². The van der Waals surface area contributed by atoms with Crippen molar-refractivity contribution in [2.75, 3.05) is 13.7 Å². The Morgan fingerprint density at radius 3 is 2.93 bits per heavy atom. The van der Waals surface area contributed by atoms with Gasteiger partial charge in [0.2, 0.25) is 5.91 Å². The number of hydrazine groups is 1. The van der Waals surface area contributed by atoms with E-state index in [1.807, 2.05) is 6.92 Å². The maximum atomic E-state index is 11.3. The number of methoxy groups -OCH3 is 1. The molecule has 0 aliphatic heterocycles. The molecule has 6 nitrogen and oxygen atoms in total. The molecular formula is C7H12N4O2S2. The zero-order valence-electron chi connectivity index (χ0n) is 8.39. The lowest BCUT2D eigenvalue weighted by molar-refractivity contribution is -0.121. The molecule has 1 aromatic rings. The predicted molar refractivity (Wildman–Crippen MR) is 58.5 cm³/mol. The monoisotopic (exact) mass is 248 g/mol. The standard InChI is InChI=1S/C7H12N4O2S2/c1-4-10-11-7(14-4)15-5(3-13-2)6(12)9-8/h5H,3,8H2,1-2H3,(H,9,12). The molecule has 0 aromatic carbocycles. The van der Waals surface area contributed by atoms with Crippen molar-refractivity contribution in [1.82, 2.24) is 15.6 Å². The first-order valence-electron chi connectivity index (χ1n) is 4.13. The molecule has 1 rings (SSSR count). The van der Waals surface area contributed by atoms with Gasteiger partial charge < -0.3 is 4.74 Å². The summed E-state index contributed by atoms with van der Waals surface area (Å²) in [6, 6.07) is 0. The Morgan fingerprint density at radius 1 is 1.73 bits per heavy atom. The first-order chi connectivity index (χ1) is 7.17. The van der Waals surface area contributed by atoms with Gasteiger partial charge >= 0.3 is 0 Å². The van der Waals surface area contributed by atoms with Gasteiger partial charge in [0.15, 0.2) is 4.34 Å². The Labute approximate surface area is 95.6 Å². The average molecular weight is 248 g/mol. The van der Waals surface area contributed by atoms with Crippen LogP contribution in [0.3, 0.4) is 0 Å². The zero-order chi connectivity index (χ0) is 11.3. The van der Waals surface area contributed by atoms with E-state index in [2.05, 4.69) is 15.6 Å². The molecule has 0 bridgehead atoms. The van der Waals surface area contributed by atoms with Crippen molar-refractivity contribution in [3.05, 3.63) is 5.01 Å². The highest BCUT2D eigenvalue weighted by molar-refractivity contribution is 8.02. The van der Waals surface area contributed by atoms with Crippen LogP contribution in [0.2, 0.25) is 0 Å². The second-order valence-corrected chi connectivity index (χ2v) is 5.29. The van der Waals surface area contributed by atoms with Crippen molar-refractivity contribution in [3.63, 3.8) is 0 Å². The van der Waals surface area contributed by atoms with Crippen LogP contribution in [0.5, 0.6) is 0 Å². The van der Waals surface area contributed by atoms with E-state index in [9.17, 15) is 4.79 Å². The third-order valence-electron chi connectivity index (χ3n) is 1.50. The van der Waals surface area contributed by atoms with Gasteiger partial charge in [-0.3, -0.25) is 10.2 Å². The van der Waals surface area contributed by atoms with Gasteiger partial charge in [-0.25, -0.2) is 5.84 Å². The van der Waals surface area contributed by atoms with Crippen molar-refractivity contribution in [3.8, 4) is 0 Å². The summed E-state index contributed by atoms with van der Waals surface area (Å²) in [4.78, 5) is 11.3. The largest absolute Gasteiger partial charge is 0.383 e. The van der Waals surface area contributed by atoms with Gasteiger partial charge in [-0.15, -0.1) is 10.2 Å². The minimum atomic E-state index is -0.396. The lowest BCUT2D eigenvalue weighted by atomic mass is 10.4. The van der Waals surface area contributed by atoms with Crippen molar-refractivity contribution in [1.29, 1.82) is 0 Å². The Balaban J connectivity index is 2.62. The van der Waals surface area contributed by atoms with Crippen LogP contribution >= 0.6 is 23.1 Å². The number of aryl methyl sites for hydroxylation is 1. The first-order valence-corrected chi connectivity index (χ1v) is 5.83. The quantitative estimate of drug-likeness (QED) is 0.328. The SMILES string of the molecule is COCC(Sc1nnc(C)s1)C(=O)NN. The third-order valence-corrected chi connectivity index (χ3v) is 3.59. The van der Waals surface area contributed by atoms with E-state index in [0.717, 1.165) is 9.35 Å². The highest BCUT2D eigenvalue weighted by Gasteiger charge is 2.20. The van der Waals surface area contributed by atoms with E-state index in [-0.39, 0.29) is 12.5 Å². The first kappa shape index (κ1) is 12.4. The molecule has 1 atom stereocenters. The summed E-state index contributed by atoms with van der Waals surface area (Å²) in [5.41, 5.74) is 2.09. The molecular weight excluding hydrogens is 236 g/mol. The van der Waals surface area contributed by atoms with E-state index < -0.39 is 5.25 Å². The summed E-state index contributed by atoms with van der Waals surface area (Å²) in [7, 11) is 1.53. The number of rotatable bonds is 5. The molecule has 15 heavy (non-hydrogen) atoms. The summed E-state index contributed by atoms with van der Waals surface area (Å²) in [6.45, 7) is 2.14. The number of nitrogens with zero attached hydrogens (tertiary/aromatic N) is 2. The van der Waals surface area contributed by atoms with Crippen LogP contribution in [0, 0.1) is 6.92 Å². The van der Waals surface area contributed by atoms with Crippen molar-refractivity contribution >= 4 is 29.0 Å². The maximum absolute atomic E-state index is 11.3. The summed E-state index contributed by atoms with van der Waals surface area (Å²) in [5.74, 6) is 4.78. The van der Waals surface area contributed by atoms with Gasteiger partial charge in [-0.2, -0.15) is 0 Å². The number of ether oxygens (including phenoxy) is 1. The molecule has 1 unspecified atom stereocenters. The summed E-state index contributed by atoms with van der Waals surface area (Å²) < 4.78 is 5.66.